The molecular weight excluding hydrogens is 304 g/mol. The van der Waals surface area contributed by atoms with Crippen LogP contribution in [0.2, 0.25) is 0 Å². The highest BCUT2D eigenvalue weighted by Crippen LogP contribution is 2.27. The van der Waals surface area contributed by atoms with Crippen LogP contribution in [0.4, 0.5) is 10.5 Å². The summed E-state index contributed by atoms with van der Waals surface area (Å²) in [6.45, 7) is 1.93. The fourth-order valence-corrected chi connectivity index (χ4v) is 2.49. The number of nitrogens with zero attached hydrogens (tertiary/aromatic N) is 1. The van der Waals surface area contributed by atoms with Crippen molar-refractivity contribution < 1.29 is 13.9 Å². The zero-order chi connectivity index (χ0) is 17.1. The predicted octanol–water partition coefficient (Wildman–Crippen LogP) is 4.67. The van der Waals surface area contributed by atoms with E-state index in [1.807, 2.05) is 55.5 Å². The lowest BCUT2D eigenvalue weighted by atomic mass is 10.2. The smallest absolute Gasteiger partial charge is 0.322 e. The maximum absolute atomic E-state index is 12.5. The lowest BCUT2D eigenvalue weighted by Crippen LogP contribution is -2.33. The van der Waals surface area contributed by atoms with Crippen molar-refractivity contribution in [2.24, 2.45) is 0 Å². The van der Waals surface area contributed by atoms with E-state index in [4.69, 9.17) is 9.15 Å². The summed E-state index contributed by atoms with van der Waals surface area (Å²) in [5.74, 6) is 1.44. The summed E-state index contributed by atoms with van der Waals surface area (Å²) in [7, 11) is 3.34. The summed E-state index contributed by atoms with van der Waals surface area (Å²) in [4.78, 5) is 14.1. The molecule has 5 nitrogen and oxygen atoms in total. The molecule has 1 aromatic heterocycles. The number of rotatable bonds is 4. The molecule has 0 saturated heterocycles. The van der Waals surface area contributed by atoms with Crippen molar-refractivity contribution in [2.45, 2.75) is 13.0 Å². The Bertz CT molecular complexity index is 823. The molecular formula is C19H20N2O3. The number of carbonyl (C=O) groups is 1. The van der Waals surface area contributed by atoms with Crippen LogP contribution in [0, 0.1) is 0 Å². The van der Waals surface area contributed by atoms with Gasteiger partial charge in [0.25, 0.3) is 0 Å². The third-order valence-corrected chi connectivity index (χ3v) is 4.08. The monoisotopic (exact) mass is 324 g/mol. The number of amides is 2. The SMILES string of the molecule is COc1cccc(NC(=O)N(C)C(C)c2cc3ccccc3o2)c1. The van der Waals surface area contributed by atoms with E-state index in [2.05, 4.69) is 5.32 Å². The summed E-state index contributed by atoms with van der Waals surface area (Å²) in [6.07, 6.45) is 0. The summed E-state index contributed by atoms with van der Waals surface area (Å²) in [5, 5.41) is 3.89. The molecule has 0 radical (unpaired) electrons. The number of anilines is 1. The van der Waals surface area contributed by atoms with Gasteiger partial charge in [-0.15, -0.1) is 0 Å². The Kier molecular flexibility index (Phi) is 4.42. The van der Waals surface area contributed by atoms with Crippen LogP contribution < -0.4 is 10.1 Å². The van der Waals surface area contributed by atoms with E-state index in [1.165, 1.54) is 0 Å². The number of ether oxygens (including phenoxy) is 1. The van der Waals surface area contributed by atoms with Gasteiger partial charge in [0.15, 0.2) is 0 Å². The van der Waals surface area contributed by atoms with E-state index in [0.29, 0.717) is 11.4 Å². The highest BCUT2D eigenvalue weighted by molar-refractivity contribution is 5.89. The Labute approximate surface area is 140 Å². The molecule has 0 aliphatic heterocycles. The van der Waals surface area contributed by atoms with Crippen molar-refractivity contribution in [2.75, 3.05) is 19.5 Å². The molecule has 1 atom stereocenters. The van der Waals surface area contributed by atoms with E-state index in [9.17, 15) is 4.79 Å². The van der Waals surface area contributed by atoms with Crippen molar-refractivity contribution in [3.63, 3.8) is 0 Å². The highest BCUT2D eigenvalue weighted by atomic mass is 16.5. The van der Waals surface area contributed by atoms with Gasteiger partial charge in [-0.05, 0) is 31.2 Å². The minimum atomic E-state index is -0.212. The Balaban J connectivity index is 1.74. The largest absolute Gasteiger partial charge is 0.497 e. The van der Waals surface area contributed by atoms with Crippen molar-refractivity contribution in [1.29, 1.82) is 0 Å². The molecule has 0 fully saturated rings. The van der Waals surface area contributed by atoms with E-state index in [0.717, 1.165) is 16.7 Å². The molecule has 2 amide bonds. The van der Waals surface area contributed by atoms with E-state index >= 15 is 0 Å². The van der Waals surface area contributed by atoms with Crippen LogP contribution in [0.1, 0.15) is 18.7 Å². The first-order valence-corrected chi connectivity index (χ1v) is 7.75. The summed E-state index contributed by atoms with van der Waals surface area (Å²) >= 11 is 0. The topological polar surface area (TPSA) is 54.7 Å². The highest BCUT2D eigenvalue weighted by Gasteiger charge is 2.21. The summed E-state index contributed by atoms with van der Waals surface area (Å²) in [6, 6.07) is 16.6. The molecule has 0 spiro atoms. The lowest BCUT2D eigenvalue weighted by Gasteiger charge is -2.23. The second-order valence-electron chi connectivity index (χ2n) is 5.64. The number of methoxy groups -OCH3 is 1. The molecule has 0 aliphatic rings. The Morgan fingerprint density at radius 1 is 1.17 bits per heavy atom. The molecule has 24 heavy (non-hydrogen) atoms. The molecule has 3 rings (SSSR count). The first-order chi connectivity index (χ1) is 11.6. The van der Waals surface area contributed by atoms with Gasteiger partial charge in [-0.2, -0.15) is 0 Å². The van der Waals surface area contributed by atoms with E-state index in [-0.39, 0.29) is 12.1 Å². The van der Waals surface area contributed by atoms with Crippen LogP contribution in [0.15, 0.2) is 59.0 Å². The van der Waals surface area contributed by atoms with Crippen LogP contribution in [-0.4, -0.2) is 25.1 Å². The molecule has 5 heteroatoms. The van der Waals surface area contributed by atoms with Crippen molar-refractivity contribution in [3.8, 4) is 5.75 Å². The minimum Gasteiger partial charge on any atom is -0.497 e. The van der Waals surface area contributed by atoms with Crippen LogP contribution >= 0.6 is 0 Å². The summed E-state index contributed by atoms with van der Waals surface area (Å²) < 4.78 is 11.0. The number of para-hydroxylation sites is 1. The minimum absolute atomic E-state index is 0.192. The molecule has 0 aliphatic carbocycles. The third-order valence-electron chi connectivity index (χ3n) is 4.08. The standard InChI is InChI=1S/C19H20N2O3/c1-13(18-11-14-7-4-5-10-17(14)24-18)21(2)19(22)20-15-8-6-9-16(12-15)23-3/h4-13H,1-3H3,(H,20,22). The van der Waals surface area contributed by atoms with Crippen molar-refractivity contribution in [3.05, 3.63) is 60.4 Å². The van der Waals surface area contributed by atoms with Crippen molar-refractivity contribution >= 4 is 22.7 Å². The Morgan fingerprint density at radius 2 is 1.96 bits per heavy atom. The van der Waals surface area contributed by atoms with Crippen LogP contribution in [-0.2, 0) is 0 Å². The number of fused-ring (bicyclic) bond motifs is 1. The van der Waals surface area contributed by atoms with Crippen LogP contribution in [0.3, 0.4) is 0 Å². The molecule has 1 heterocycles. The molecule has 1 unspecified atom stereocenters. The van der Waals surface area contributed by atoms with Gasteiger partial charge in [0.2, 0.25) is 0 Å². The van der Waals surface area contributed by atoms with Gasteiger partial charge in [-0.25, -0.2) is 4.79 Å². The number of carbonyl (C=O) groups excluding carboxylic acids is 1. The van der Waals surface area contributed by atoms with E-state index < -0.39 is 0 Å². The molecule has 0 bridgehead atoms. The van der Waals surface area contributed by atoms with Gasteiger partial charge in [0.1, 0.15) is 17.1 Å². The Morgan fingerprint density at radius 3 is 2.71 bits per heavy atom. The normalized spacial score (nSPS) is 12.0. The quantitative estimate of drug-likeness (QED) is 0.759. The third kappa shape index (κ3) is 3.20. The zero-order valence-electron chi connectivity index (χ0n) is 13.9. The van der Waals surface area contributed by atoms with Gasteiger partial charge >= 0.3 is 6.03 Å². The van der Waals surface area contributed by atoms with Gasteiger partial charge < -0.3 is 19.4 Å². The van der Waals surface area contributed by atoms with Crippen LogP contribution in [0.5, 0.6) is 5.75 Å². The maximum atomic E-state index is 12.5. The first-order valence-electron chi connectivity index (χ1n) is 7.75. The fraction of sp³-hybridized carbons (Fsp3) is 0.211. The molecule has 0 saturated carbocycles. The number of urea groups is 1. The fourth-order valence-electron chi connectivity index (χ4n) is 2.49. The first kappa shape index (κ1) is 15.9. The number of benzene rings is 2. The number of hydrogen-bond acceptors (Lipinski definition) is 3. The van der Waals surface area contributed by atoms with Crippen LogP contribution in [0.25, 0.3) is 11.0 Å². The molecule has 1 N–H and O–H groups in total. The average molecular weight is 324 g/mol. The molecule has 2 aromatic carbocycles. The molecule has 3 aromatic rings. The summed E-state index contributed by atoms with van der Waals surface area (Å²) in [5.41, 5.74) is 1.50. The number of hydrogen-bond donors (Lipinski definition) is 1. The number of nitrogens with one attached hydrogen (secondary N) is 1. The second kappa shape index (κ2) is 6.66. The van der Waals surface area contributed by atoms with Gasteiger partial charge in [-0.1, -0.05) is 24.3 Å². The maximum Gasteiger partial charge on any atom is 0.322 e. The average Bonchev–Trinajstić information content (AvgIpc) is 3.04. The Hall–Kier alpha value is -2.95. The van der Waals surface area contributed by atoms with Gasteiger partial charge in [0, 0.05) is 24.2 Å². The zero-order valence-corrected chi connectivity index (χ0v) is 13.9. The molecule has 124 valence electrons. The lowest BCUT2D eigenvalue weighted by molar-refractivity contribution is 0.201. The number of furan rings is 1. The van der Waals surface area contributed by atoms with Gasteiger partial charge in [0.05, 0.1) is 13.2 Å². The van der Waals surface area contributed by atoms with Gasteiger partial charge in [-0.3, -0.25) is 0 Å². The van der Waals surface area contributed by atoms with Crippen molar-refractivity contribution in [1.82, 2.24) is 4.90 Å². The second-order valence-corrected chi connectivity index (χ2v) is 5.64. The predicted molar refractivity (Wildman–Crippen MR) is 94.4 cm³/mol. The van der Waals surface area contributed by atoms with E-state index in [1.54, 1.807) is 25.1 Å².